The van der Waals surface area contributed by atoms with Crippen LogP contribution in [0.5, 0.6) is 0 Å². The van der Waals surface area contributed by atoms with E-state index in [1.54, 1.807) is 0 Å². The third-order valence-electron chi connectivity index (χ3n) is 2.51. The molecule has 1 heterocycles. The molecule has 8 heteroatoms. The summed E-state index contributed by atoms with van der Waals surface area (Å²) in [5, 5.41) is 3.45. The molecule has 0 atom stereocenters. The Kier molecular flexibility index (Phi) is 4.59. The maximum Gasteiger partial charge on any atom is 0.161 e. The molecule has 0 amide bonds. The van der Waals surface area contributed by atoms with Gasteiger partial charge in [-0.25, -0.2) is 19.6 Å². The molecule has 0 bridgehead atoms. The minimum absolute atomic E-state index is 0.218. The number of anilines is 2. The van der Waals surface area contributed by atoms with E-state index < -0.39 is 11.6 Å². The third-order valence-corrected chi connectivity index (χ3v) is 3.09. The van der Waals surface area contributed by atoms with Gasteiger partial charge in [-0.15, -0.1) is 0 Å². The van der Waals surface area contributed by atoms with Crippen molar-refractivity contribution in [3.63, 3.8) is 0 Å². The van der Waals surface area contributed by atoms with E-state index in [4.69, 9.17) is 29.0 Å². The van der Waals surface area contributed by atoms with Gasteiger partial charge in [-0.1, -0.05) is 29.3 Å². The molecule has 0 radical (unpaired) electrons. The molecule has 0 aliphatic rings. The SMILES string of the molecule is NNc1nc(NCc2ccc(F)c(F)c2)c(Cl)cc1Cl. The van der Waals surface area contributed by atoms with Gasteiger partial charge in [0.2, 0.25) is 0 Å². The highest BCUT2D eigenvalue weighted by Crippen LogP contribution is 2.28. The minimum Gasteiger partial charge on any atom is -0.365 e. The van der Waals surface area contributed by atoms with Gasteiger partial charge in [-0.05, 0) is 23.8 Å². The van der Waals surface area contributed by atoms with Crippen LogP contribution in [-0.2, 0) is 6.54 Å². The van der Waals surface area contributed by atoms with Crippen molar-refractivity contribution >= 4 is 34.8 Å². The van der Waals surface area contributed by atoms with E-state index in [9.17, 15) is 8.78 Å². The average Bonchev–Trinajstić information content (AvgIpc) is 2.41. The molecule has 2 aromatic rings. The van der Waals surface area contributed by atoms with Gasteiger partial charge in [-0.3, -0.25) is 0 Å². The Balaban J connectivity index is 2.16. The molecule has 0 spiro atoms. The number of hydrogen-bond donors (Lipinski definition) is 3. The second-order valence-electron chi connectivity index (χ2n) is 3.90. The Morgan fingerprint density at radius 1 is 1.05 bits per heavy atom. The monoisotopic (exact) mass is 318 g/mol. The van der Waals surface area contributed by atoms with Gasteiger partial charge in [0, 0.05) is 6.54 Å². The van der Waals surface area contributed by atoms with Gasteiger partial charge < -0.3 is 10.7 Å². The molecule has 2 rings (SSSR count). The molecule has 1 aromatic carbocycles. The van der Waals surface area contributed by atoms with Crippen LogP contribution in [-0.4, -0.2) is 4.98 Å². The van der Waals surface area contributed by atoms with Crippen LogP contribution in [0, 0.1) is 11.6 Å². The van der Waals surface area contributed by atoms with E-state index in [1.165, 1.54) is 12.1 Å². The van der Waals surface area contributed by atoms with Crippen molar-refractivity contribution in [2.24, 2.45) is 5.84 Å². The second-order valence-corrected chi connectivity index (χ2v) is 4.71. The number of nitrogens with one attached hydrogen (secondary N) is 2. The fourth-order valence-corrected chi connectivity index (χ4v) is 2.01. The van der Waals surface area contributed by atoms with Gasteiger partial charge in [-0.2, -0.15) is 0 Å². The van der Waals surface area contributed by atoms with Crippen LogP contribution >= 0.6 is 23.2 Å². The molecule has 4 N–H and O–H groups in total. The van der Waals surface area contributed by atoms with Gasteiger partial charge in [0.1, 0.15) is 5.82 Å². The standard InChI is InChI=1S/C12H10Cl2F2N4/c13-7-4-8(14)12(20-17)19-11(7)18-5-6-1-2-9(15)10(16)3-6/h1-4H,5,17H2,(H2,18,19,20). The molecule has 1 aromatic heterocycles. The van der Waals surface area contributed by atoms with Crippen LogP contribution in [0.25, 0.3) is 0 Å². The lowest BCUT2D eigenvalue weighted by atomic mass is 10.2. The first kappa shape index (κ1) is 14.8. The topological polar surface area (TPSA) is 63.0 Å². The number of hydrazine groups is 1. The summed E-state index contributed by atoms with van der Waals surface area (Å²) in [4.78, 5) is 4.07. The Labute approximate surface area is 123 Å². The summed E-state index contributed by atoms with van der Waals surface area (Å²) in [6.07, 6.45) is 0. The lowest BCUT2D eigenvalue weighted by Gasteiger charge is -2.10. The first-order valence-electron chi connectivity index (χ1n) is 5.51. The molecular formula is C12H10Cl2F2N4. The number of rotatable bonds is 4. The molecule has 106 valence electrons. The van der Waals surface area contributed by atoms with E-state index in [2.05, 4.69) is 15.7 Å². The Bertz CT molecular complexity index is 637. The molecule has 0 saturated carbocycles. The van der Waals surface area contributed by atoms with Crippen LogP contribution < -0.4 is 16.6 Å². The number of nitrogens with two attached hydrogens (primary N) is 1. The Hall–Kier alpha value is -1.63. The number of halogens is 4. The summed E-state index contributed by atoms with van der Waals surface area (Å²) in [5.74, 6) is 4.03. The van der Waals surface area contributed by atoms with Crippen molar-refractivity contribution in [1.29, 1.82) is 0 Å². The summed E-state index contributed by atoms with van der Waals surface area (Å²) in [6.45, 7) is 0.218. The van der Waals surface area contributed by atoms with Crippen LogP contribution in [0.1, 0.15) is 5.56 Å². The summed E-state index contributed by atoms with van der Waals surface area (Å²) in [5.41, 5.74) is 2.87. The maximum atomic E-state index is 13.1. The lowest BCUT2D eigenvalue weighted by molar-refractivity contribution is 0.507. The molecule has 0 fully saturated rings. The largest absolute Gasteiger partial charge is 0.365 e. The van der Waals surface area contributed by atoms with Gasteiger partial charge in [0.15, 0.2) is 17.5 Å². The Morgan fingerprint density at radius 3 is 2.40 bits per heavy atom. The summed E-state index contributed by atoms with van der Waals surface area (Å²) >= 11 is 11.8. The highest BCUT2D eigenvalue weighted by Gasteiger charge is 2.09. The minimum atomic E-state index is -0.913. The normalized spacial score (nSPS) is 10.4. The number of nitrogen functional groups attached to an aromatic ring is 1. The van der Waals surface area contributed by atoms with Crippen molar-refractivity contribution in [2.75, 3.05) is 10.7 Å². The van der Waals surface area contributed by atoms with Gasteiger partial charge in [0.05, 0.1) is 10.0 Å². The van der Waals surface area contributed by atoms with Gasteiger partial charge in [0.25, 0.3) is 0 Å². The van der Waals surface area contributed by atoms with Crippen molar-refractivity contribution in [1.82, 2.24) is 4.98 Å². The first-order chi connectivity index (χ1) is 9.51. The zero-order valence-electron chi connectivity index (χ0n) is 10.1. The number of pyridine rings is 1. The quantitative estimate of drug-likeness (QED) is 0.595. The first-order valence-corrected chi connectivity index (χ1v) is 6.27. The molecule has 20 heavy (non-hydrogen) atoms. The highest BCUT2D eigenvalue weighted by molar-refractivity contribution is 6.37. The molecule has 0 aliphatic heterocycles. The van der Waals surface area contributed by atoms with Crippen LogP contribution in [0.4, 0.5) is 20.4 Å². The maximum absolute atomic E-state index is 13.1. The van der Waals surface area contributed by atoms with Crippen molar-refractivity contribution in [3.05, 3.63) is 51.5 Å². The number of nitrogens with zero attached hydrogens (tertiary/aromatic N) is 1. The highest BCUT2D eigenvalue weighted by atomic mass is 35.5. The van der Waals surface area contributed by atoms with E-state index in [-0.39, 0.29) is 22.4 Å². The van der Waals surface area contributed by atoms with E-state index >= 15 is 0 Å². The molecular weight excluding hydrogens is 309 g/mol. The Morgan fingerprint density at radius 2 is 1.75 bits per heavy atom. The molecule has 4 nitrogen and oxygen atoms in total. The van der Waals surface area contributed by atoms with Crippen LogP contribution in [0.3, 0.4) is 0 Å². The third kappa shape index (κ3) is 3.27. The average molecular weight is 319 g/mol. The second kappa shape index (κ2) is 6.21. The predicted octanol–water partition coefficient (Wildman–Crippen LogP) is 3.56. The fraction of sp³-hybridized carbons (Fsp3) is 0.0833. The van der Waals surface area contributed by atoms with Crippen LogP contribution in [0.2, 0.25) is 10.0 Å². The summed E-state index contributed by atoms with van der Waals surface area (Å²) in [6, 6.07) is 5.07. The van der Waals surface area contributed by atoms with Crippen molar-refractivity contribution in [3.8, 4) is 0 Å². The summed E-state index contributed by atoms with van der Waals surface area (Å²) in [7, 11) is 0. The number of aromatic nitrogens is 1. The summed E-state index contributed by atoms with van der Waals surface area (Å²) < 4.78 is 25.9. The molecule has 0 aliphatic carbocycles. The smallest absolute Gasteiger partial charge is 0.161 e. The zero-order chi connectivity index (χ0) is 14.7. The van der Waals surface area contributed by atoms with Crippen molar-refractivity contribution in [2.45, 2.75) is 6.54 Å². The van der Waals surface area contributed by atoms with E-state index in [0.29, 0.717) is 11.4 Å². The van der Waals surface area contributed by atoms with Crippen molar-refractivity contribution < 1.29 is 8.78 Å². The van der Waals surface area contributed by atoms with Crippen LogP contribution in [0.15, 0.2) is 24.3 Å². The fourth-order valence-electron chi connectivity index (χ4n) is 1.53. The molecule has 0 saturated heterocycles. The number of hydrogen-bond acceptors (Lipinski definition) is 4. The number of benzene rings is 1. The van der Waals surface area contributed by atoms with Gasteiger partial charge >= 0.3 is 0 Å². The predicted molar refractivity (Wildman–Crippen MR) is 75.8 cm³/mol. The lowest BCUT2D eigenvalue weighted by Crippen LogP contribution is -2.11. The molecule has 0 unspecified atom stereocenters. The van der Waals surface area contributed by atoms with E-state index in [0.717, 1.165) is 12.1 Å². The van der Waals surface area contributed by atoms with E-state index in [1.807, 2.05) is 0 Å². The zero-order valence-corrected chi connectivity index (χ0v) is 11.6.